The first-order valence-electron chi connectivity index (χ1n) is 4.37. The highest BCUT2D eigenvalue weighted by Crippen LogP contribution is 2.16. The Balaban J connectivity index is 2.39. The Morgan fingerprint density at radius 2 is 2.18 bits per heavy atom. The van der Waals surface area contributed by atoms with E-state index in [-0.39, 0.29) is 17.8 Å². The number of ketones is 1. The largest absolute Gasteiger partial charge is 0.370 e. The number of rotatable bonds is 2. The second-order valence-electron chi connectivity index (χ2n) is 3.41. The Morgan fingerprint density at radius 1 is 1.45 bits per heavy atom. The van der Waals surface area contributed by atoms with Crippen molar-refractivity contribution in [2.75, 3.05) is 6.61 Å². The predicted molar refractivity (Wildman–Crippen MR) is 43.4 cm³/mol. The lowest BCUT2D eigenvalue weighted by Gasteiger charge is -2.22. The van der Waals surface area contributed by atoms with E-state index >= 15 is 0 Å². The normalized spacial score (nSPS) is 25.5. The van der Waals surface area contributed by atoms with Gasteiger partial charge in [-0.05, 0) is 19.3 Å². The standard InChI is InChI=1S/C9H16O2/c1-7(2)9(10)8-5-3-4-6-11-8/h7-8H,3-6H2,1-2H3. The summed E-state index contributed by atoms with van der Waals surface area (Å²) in [5.41, 5.74) is 0. The monoisotopic (exact) mass is 156 g/mol. The summed E-state index contributed by atoms with van der Waals surface area (Å²) in [5, 5.41) is 0. The molecule has 2 nitrogen and oxygen atoms in total. The zero-order valence-corrected chi connectivity index (χ0v) is 7.30. The van der Waals surface area contributed by atoms with Gasteiger partial charge in [-0.25, -0.2) is 0 Å². The lowest BCUT2D eigenvalue weighted by Crippen LogP contribution is -2.31. The zero-order chi connectivity index (χ0) is 8.27. The Bertz CT molecular complexity index is 134. The molecule has 0 aromatic heterocycles. The van der Waals surface area contributed by atoms with Crippen molar-refractivity contribution in [2.24, 2.45) is 5.92 Å². The van der Waals surface area contributed by atoms with Crippen molar-refractivity contribution in [2.45, 2.75) is 39.2 Å². The molecule has 0 aliphatic carbocycles. The van der Waals surface area contributed by atoms with E-state index in [1.54, 1.807) is 0 Å². The Labute approximate surface area is 67.9 Å². The van der Waals surface area contributed by atoms with Crippen LogP contribution in [0.4, 0.5) is 0 Å². The van der Waals surface area contributed by atoms with Gasteiger partial charge in [-0.15, -0.1) is 0 Å². The summed E-state index contributed by atoms with van der Waals surface area (Å²) < 4.78 is 5.35. The first-order valence-corrected chi connectivity index (χ1v) is 4.37. The van der Waals surface area contributed by atoms with Gasteiger partial charge in [0.25, 0.3) is 0 Å². The topological polar surface area (TPSA) is 26.3 Å². The predicted octanol–water partition coefficient (Wildman–Crippen LogP) is 1.78. The number of ether oxygens (including phenoxy) is 1. The molecule has 2 heteroatoms. The summed E-state index contributed by atoms with van der Waals surface area (Å²) in [6.45, 7) is 4.63. The maximum Gasteiger partial charge on any atom is 0.164 e. The number of hydrogen-bond donors (Lipinski definition) is 0. The third-order valence-corrected chi connectivity index (χ3v) is 2.07. The molecule has 0 aromatic rings. The minimum absolute atomic E-state index is 0.0938. The molecule has 0 amide bonds. The second-order valence-corrected chi connectivity index (χ2v) is 3.41. The average Bonchev–Trinajstić information content (AvgIpc) is 2.05. The molecule has 0 aromatic carbocycles. The number of carbonyl (C=O) groups excluding carboxylic acids is 1. The summed E-state index contributed by atoms with van der Waals surface area (Å²) in [4.78, 5) is 11.4. The highest BCUT2D eigenvalue weighted by molar-refractivity contribution is 5.84. The van der Waals surface area contributed by atoms with Crippen LogP contribution in [-0.4, -0.2) is 18.5 Å². The van der Waals surface area contributed by atoms with Gasteiger partial charge in [0.1, 0.15) is 6.10 Å². The SMILES string of the molecule is CC(C)C(=O)C1CCCCO1. The van der Waals surface area contributed by atoms with Crippen LogP contribution in [0.2, 0.25) is 0 Å². The molecule has 11 heavy (non-hydrogen) atoms. The van der Waals surface area contributed by atoms with Crippen LogP contribution in [0.25, 0.3) is 0 Å². The van der Waals surface area contributed by atoms with Crippen molar-refractivity contribution in [3.05, 3.63) is 0 Å². The van der Waals surface area contributed by atoms with Crippen molar-refractivity contribution < 1.29 is 9.53 Å². The fourth-order valence-electron chi connectivity index (χ4n) is 1.34. The van der Waals surface area contributed by atoms with E-state index in [0.29, 0.717) is 0 Å². The van der Waals surface area contributed by atoms with Crippen LogP contribution in [0.3, 0.4) is 0 Å². The molecule has 64 valence electrons. The molecule has 0 N–H and O–H groups in total. The van der Waals surface area contributed by atoms with Crippen LogP contribution in [0.15, 0.2) is 0 Å². The first-order chi connectivity index (χ1) is 5.22. The molecule has 0 radical (unpaired) electrons. The maximum absolute atomic E-state index is 11.4. The van der Waals surface area contributed by atoms with Crippen LogP contribution in [0.5, 0.6) is 0 Å². The van der Waals surface area contributed by atoms with Crippen LogP contribution < -0.4 is 0 Å². The van der Waals surface area contributed by atoms with E-state index in [2.05, 4.69) is 0 Å². The minimum atomic E-state index is -0.0938. The van der Waals surface area contributed by atoms with Crippen LogP contribution >= 0.6 is 0 Å². The maximum atomic E-state index is 11.4. The lowest BCUT2D eigenvalue weighted by molar-refractivity contribution is -0.136. The molecule has 1 fully saturated rings. The molecule has 1 saturated heterocycles. The van der Waals surface area contributed by atoms with Gasteiger partial charge < -0.3 is 4.74 Å². The van der Waals surface area contributed by atoms with Crippen LogP contribution in [-0.2, 0) is 9.53 Å². The van der Waals surface area contributed by atoms with Gasteiger partial charge in [0.2, 0.25) is 0 Å². The van der Waals surface area contributed by atoms with Crippen molar-refractivity contribution in [1.29, 1.82) is 0 Å². The molecule has 1 unspecified atom stereocenters. The Morgan fingerprint density at radius 3 is 2.64 bits per heavy atom. The second kappa shape index (κ2) is 3.86. The van der Waals surface area contributed by atoms with E-state index < -0.39 is 0 Å². The Kier molecular flexibility index (Phi) is 3.06. The highest BCUT2D eigenvalue weighted by Gasteiger charge is 2.23. The van der Waals surface area contributed by atoms with E-state index in [4.69, 9.17) is 4.74 Å². The number of Topliss-reactive ketones (excluding diaryl/α,β-unsaturated/α-hetero) is 1. The molecule has 1 aliphatic heterocycles. The third kappa shape index (κ3) is 2.29. The fraction of sp³-hybridized carbons (Fsp3) is 0.889. The van der Waals surface area contributed by atoms with Crippen LogP contribution in [0.1, 0.15) is 33.1 Å². The Hall–Kier alpha value is -0.370. The molecule has 0 saturated carbocycles. The van der Waals surface area contributed by atoms with Gasteiger partial charge in [0.15, 0.2) is 5.78 Å². The first kappa shape index (κ1) is 8.72. The van der Waals surface area contributed by atoms with Crippen molar-refractivity contribution >= 4 is 5.78 Å². The lowest BCUT2D eigenvalue weighted by atomic mass is 9.98. The molecular weight excluding hydrogens is 140 g/mol. The molecule has 1 atom stereocenters. The third-order valence-electron chi connectivity index (χ3n) is 2.07. The summed E-state index contributed by atoms with van der Waals surface area (Å²) in [5.74, 6) is 0.391. The van der Waals surface area contributed by atoms with Crippen molar-refractivity contribution in [1.82, 2.24) is 0 Å². The molecule has 1 rings (SSSR count). The summed E-state index contributed by atoms with van der Waals surface area (Å²) in [7, 11) is 0. The van der Waals surface area contributed by atoms with E-state index in [1.165, 1.54) is 0 Å². The molecule has 1 heterocycles. The van der Waals surface area contributed by atoms with Crippen LogP contribution in [0, 0.1) is 5.92 Å². The minimum Gasteiger partial charge on any atom is -0.370 e. The molecular formula is C9H16O2. The molecule has 0 bridgehead atoms. The molecule has 1 aliphatic rings. The fourth-order valence-corrected chi connectivity index (χ4v) is 1.34. The number of hydrogen-bond acceptors (Lipinski definition) is 2. The highest BCUT2D eigenvalue weighted by atomic mass is 16.5. The van der Waals surface area contributed by atoms with Gasteiger partial charge in [0.05, 0.1) is 0 Å². The van der Waals surface area contributed by atoms with Crippen molar-refractivity contribution in [3.63, 3.8) is 0 Å². The molecule has 0 spiro atoms. The van der Waals surface area contributed by atoms with E-state index in [1.807, 2.05) is 13.8 Å². The van der Waals surface area contributed by atoms with Gasteiger partial charge in [-0.1, -0.05) is 13.8 Å². The van der Waals surface area contributed by atoms with Gasteiger partial charge in [0, 0.05) is 12.5 Å². The van der Waals surface area contributed by atoms with Gasteiger partial charge in [-0.3, -0.25) is 4.79 Å². The quantitative estimate of drug-likeness (QED) is 0.609. The number of carbonyl (C=O) groups is 1. The summed E-state index contributed by atoms with van der Waals surface area (Å²) in [6.07, 6.45) is 3.09. The van der Waals surface area contributed by atoms with E-state index in [9.17, 15) is 4.79 Å². The van der Waals surface area contributed by atoms with Gasteiger partial charge >= 0.3 is 0 Å². The van der Waals surface area contributed by atoms with Gasteiger partial charge in [-0.2, -0.15) is 0 Å². The summed E-state index contributed by atoms with van der Waals surface area (Å²) in [6, 6.07) is 0. The van der Waals surface area contributed by atoms with Crippen molar-refractivity contribution in [3.8, 4) is 0 Å². The van der Waals surface area contributed by atoms with E-state index in [0.717, 1.165) is 25.9 Å². The average molecular weight is 156 g/mol. The summed E-state index contributed by atoms with van der Waals surface area (Å²) >= 11 is 0. The zero-order valence-electron chi connectivity index (χ0n) is 7.30. The smallest absolute Gasteiger partial charge is 0.164 e.